The second-order valence-electron chi connectivity index (χ2n) is 2.98. The Morgan fingerprint density at radius 1 is 0.882 bits per heavy atom. The number of rotatable bonds is 1. The molecule has 0 atom stereocenters. The molecule has 2 rings (SSSR count). The zero-order chi connectivity index (χ0) is 10.2. The molecule has 0 aromatic heterocycles. The van der Waals surface area contributed by atoms with E-state index in [1.165, 1.54) is 12.1 Å². The second-order valence-corrected chi connectivity index (χ2v) is 4.41. The smallest absolute Gasteiger partial charge is 1.00 e. The molecular formula is C10H11Na3O3S. The van der Waals surface area contributed by atoms with Crippen molar-refractivity contribution in [3.05, 3.63) is 42.5 Å². The van der Waals surface area contributed by atoms with Crippen molar-refractivity contribution in [2.45, 2.75) is 4.90 Å². The third-order valence-corrected chi connectivity index (χ3v) is 2.87. The van der Waals surface area contributed by atoms with Crippen molar-refractivity contribution in [3.63, 3.8) is 0 Å². The molecule has 0 radical (unpaired) electrons. The van der Waals surface area contributed by atoms with Crippen molar-refractivity contribution in [2.75, 3.05) is 0 Å². The van der Waals surface area contributed by atoms with Gasteiger partial charge in [0.2, 0.25) is 0 Å². The summed E-state index contributed by atoms with van der Waals surface area (Å²) >= 11 is 0. The van der Waals surface area contributed by atoms with Gasteiger partial charge < -0.3 is 4.28 Å². The maximum Gasteiger partial charge on any atom is 1.00 e. The maximum absolute atomic E-state index is 10.8. The minimum absolute atomic E-state index is 0. The van der Waals surface area contributed by atoms with Crippen LogP contribution in [0, 0.1) is 0 Å². The number of benzene rings is 2. The van der Waals surface area contributed by atoms with Crippen LogP contribution in [0.5, 0.6) is 0 Å². The van der Waals surface area contributed by atoms with E-state index in [9.17, 15) is 8.42 Å². The molecular weight excluding hydrogens is 269 g/mol. The SMILES string of the molecule is O=S(=O)(O)c1ccc2ccccc2c1.[H-].[H-].[H-].[Na+].[Na+].[Na+]. The number of hydrogen-bond donors (Lipinski definition) is 1. The van der Waals surface area contributed by atoms with Gasteiger partial charge in [0.15, 0.2) is 0 Å². The standard InChI is InChI=1S/C10H8O3S.3Na.3H/c11-14(12,13)10-6-5-8-3-1-2-4-9(8)7-10;;;;;;/h1-7H,(H,11,12,13);;;;;;/q;3*+1;3*-1. The molecule has 17 heavy (non-hydrogen) atoms. The van der Waals surface area contributed by atoms with Gasteiger partial charge in [-0.05, 0) is 22.9 Å². The molecule has 0 aliphatic carbocycles. The Bertz CT molecular complexity index is 596. The van der Waals surface area contributed by atoms with E-state index in [1.807, 2.05) is 18.2 Å². The van der Waals surface area contributed by atoms with Gasteiger partial charge in [-0.2, -0.15) is 8.42 Å². The molecule has 0 amide bonds. The van der Waals surface area contributed by atoms with Gasteiger partial charge >= 0.3 is 88.7 Å². The largest absolute Gasteiger partial charge is 1.00 e. The zero-order valence-electron chi connectivity index (χ0n) is 13.2. The topological polar surface area (TPSA) is 54.4 Å². The van der Waals surface area contributed by atoms with Gasteiger partial charge in [-0.25, -0.2) is 0 Å². The molecule has 0 bridgehead atoms. The van der Waals surface area contributed by atoms with E-state index in [4.69, 9.17) is 4.55 Å². The van der Waals surface area contributed by atoms with Crippen LogP contribution >= 0.6 is 0 Å². The molecule has 0 heterocycles. The van der Waals surface area contributed by atoms with E-state index in [1.54, 1.807) is 12.1 Å². The third-order valence-electron chi connectivity index (χ3n) is 2.02. The average Bonchev–Trinajstić information content (AvgIpc) is 2.16. The van der Waals surface area contributed by atoms with Crippen molar-refractivity contribution >= 4 is 20.9 Å². The molecule has 0 unspecified atom stereocenters. The summed E-state index contributed by atoms with van der Waals surface area (Å²) in [6.07, 6.45) is 0. The molecule has 7 heteroatoms. The fourth-order valence-electron chi connectivity index (χ4n) is 1.33. The van der Waals surface area contributed by atoms with Crippen molar-refractivity contribution < 1.29 is 106 Å². The zero-order valence-corrected chi connectivity index (χ0v) is 17.0. The summed E-state index contributed by atoms with van der Waals surface area (Å²) in [4.78, 5) is -0.0730. The van der Waals surface area contributed by atoms with E-state index in [-0.39, 0.29) is 97.8 Å². The quantitative estimate of drug-likeness (QED) is 0.417. The monoisotopic (exact) mass is 280 g/mol. The molecule has 0 aliphatic rings. The van der Waals surface area contributed by atoms with Gasteiger partial charge in [-0.3, -0.25) is 4.55 Å². The fraction of sp³-hybridized carbons (Fsp3) is 0. The van der Waals surface area contributed by atoms with E-state index in [0.29, 0.717) is 0 Å². The van der Waals surface area contributed by atoms with Crippen LogP contribution in [0.15, 0.2) is 47.4 Å². The van der Waals surface area contributed by atoms with E-state index >= 15 is 0 Å². The summed E-state index contributed by atoms with van der Waals surface area (Å²) in [6.45, 7) is 0. The Kier molecular flexibility index (Phi) is 10.7. The van der Waals surface area contributed by atoms with Crippen LogP contribution in [0.25, 0.3) is 10.8 Å². The van der Waals surface area contributed by atoms with Gasteiger partial charge in [0.05, 0.1) is 4.90 Å². The Labute approximate surface area is 171 Å². The van der Waals surface area contributed by atoms with Gasteiger partial charge in [0.25, 0.3) is 10.1 Å². The third kappa shape index (κ3) is 5.63. The Balaban J connectivity index is -0.000000125. The first-order valence-electron chi connectivity index (χ1n) is 4.04. The van der Waals surface area contributed by atoms with Crippen LogP contribution in [0.3, 0.4) is 0 Å². The van der Waals surface area contributed by atoms with Crippen molar-refractivity contribution in [1.29, 1.82) is 0 Å². The van der Waals surface area contributed by atoms with Gasteiger partial charge in [0.1, 0.15) is 0 Å². The molecule has 3 nitrogen and oxygen atoms in total. The first-order chi connectivity index (χ1) is 6.57. The number of fused-ring (bicyclic) bond motifs is 1. The summed E-state index contributed by atoms with van der Waals surface area (Å²) in [5, 5.41) is 1.74. The Morgan fingerprint density at radius 3 is 1.94 bits per heavy atom. The van der Waals surface area contributed by atoms with E-state index in [2.05, 4.69) is 0 Å². The molecule has 1 N–H and O–H groups in total. The fourth-order valence-corrected chi connectivity index (χ4v) is 1.84. The van der Waals surface area contributed by atoms with Crippen LogP contribution in [0.2, 0.25) is 0 Å². The van der Waals surface area contributed by atoms with Crippen LogP contribution in [-0.4, -0.2) is 13.0 Å². The van der Waals surface area contributed by atoms with Gasteiger partial charge in [0, 0.05) is 0 Å². The summed E-state index contributed by atoms with van der Waals surface area (Å²) in [7, 11) is -4.09. The number of hydrogen-bond acceptors (Lipinski definition) is 2. The van der Waals surface area contributed by atoms with Crippen molar-refractivity contribution in [2.24, 2.45) is 0 Å². The molecule has 0 spiro atoms. The van der Waals surface area contributed by atoms with E-state index < -0.39 is 10.1 Å². The minimum Gasteiger partial charge on any atom is -1.00 e. The minimum atomic E-state index is -4.09. The molecule has 0 saturated carbocycles. The average molecular weight is 280 g/mol. The summed E-state index contributed by atoms with van der Waals surface area (Å²) in [5.41, 5.74) is 0. The molecule has 2 aromatic carbocycles. The maximum atomic E-state index is 10.8. The summed E-state index contributed by atoms with van der Waals surface area (Å²) in [5.74, 6) is 0. The Hall–Kier alpha value is 1.61. The first kappa shape index (κ1) is 20.9. The first-order valence-corrected chi connectivity index (χ1v) is 5.48. The Morgan fingerprint density at radius 2 is 1.41 bits per heavy atom. The molecule has 0 aliphatic heterocycles. The molecule has 2 aromatic rings. The second kappa shape index (κ2) is 8.72. The normalized spacial score (nSPS) is 9.71. The van der Waals surface area contributed by atoms with Crippen LogP contribution < -0.4 is 88.7 Å². The van der Waals surface area contributed by atoms with Gasteiger partial charge in [-0.15, -0.1) is 0 Å². The van der Waals surface area contributed by atoms with Crippen LogP contribution in [-0.2, 0) is 10.1 Å². The molecule has 78 valence electrons. The summed E-state index contributed by atoms with van der Waals surface area (Å²) < 4.78 is 30.5. The van der Waals surface area contributed by atoms with Crippen molar-refractivity contribution in [3.8, 4) is 0 Å². The molecule has 0 saturated heterocycles. The van der Waals surface area contributed by atoms with Crippen LogP contribution in [0.1, 0.15) is 4.28 Å². The van der Waals surface area contributed by atoms with Crippen molar-refractivity contribution in [1.82, 2.24) is 0 Å². The summed E-state index contributed by atoms with van der Waals surface area (Å²) in [6, 6.07) is 11.9. The predicted molar refractivity (Wildman–Crippen MR) is 57.1 cm³/mol. The van der Waals surface area contributed by atoms with E-state index in [0.717, 1.165) is 10.8 Å². The van der Waals surface area contributed by atoms with Crippen LogP contribution in [0.4, 0.5) is 0 Å². The van der Waals surface area contributed by atoms with Gasteiger partial charge in [-0.1, -0.05) is 30.3 Å². The predicted octanol–water partition coefficient (Wildman–Crippen LogP) is -6.56. The molecule has 0 fully saturated rings.